The maximum Gasteiger partial charge on any atom is 0.137 e. The van der Waals surface area contributed by atoms with Gasteiger partial charge in [0, 0.05) is 24.9 Å². The first-order chi connectivity index (χ1) is 7.63. The lowest BCUT2D eigenvalue weighted by Crippen LogP contribution is -2.28. The molecule has 0 heterocycles. The van der Waals surface area contributed by atoms with Gasteiger partial charge in [0.05, 0.1) is 0 Å². The molecule has 0 saturated heterocycles. The molecule has 16 heavy (non-hydrogen) atoms. The maximum absolute atomic E-state index is 11.9. The SMILES string of the molecule is CCC1CCC(C(=O)CCNC(C)C)CC1. The largest absolute Gasteiger partial charge is 0.314 e. The molecule has 0 aromatic heterocycles. The van der Waals surface area contributed by atoms with Crippen LogP contribution in [0.5, 0.6) is 0 Å². The second-order valence-electron chi connectivity index (χ2n) is 5.45. The Kier molecular flexibility index (Phi) is 6.04. The van der Waals surface area contributed by atoms with Gasteiger partial charge in [-0.15, -0.1) is 0 Å². The fourth-order valence-corrected chi connectivity index (χ4v) is 2.58. The summed E-state index contributed by atoms with van der Waals surface area (Å²) >= 11 is 0. The summed E-state index contributed by atoms with van der Waals surface area (Å²) in [5.74, 6) is 1.75. The van der Waals surface area contributed by atoms with E-state index in [1.807, 2.05) is 0 Å². The van der Waals surface area contributed by atoms with Crippen LogP contribution in [0.2, 0.25) is 0 Å². The Morgan fingerprint density at radius 1 is 1.25 bits per heavy atom. The van der Waals surface area contributed by atoms with Crippen molar-refractivity contribution in [2.45, 2.75) is 65.3 Å². The number of hydrogen-bond donors (Lipinski definition) is 1. The third kappa shape index (κ3) is 4.65. The van der Waals surface area contributed by atoms with Crippen LogP contribution in [0.3, 0.4) is 0 Å². The molecule has 1 fully saturated rings. The number of hydrogen-bond acceptors (Lipinski definition) is 2. The monoisotopic (exact) mass is 225 g/mol. The molecule has 94 valence electrons. The van der Waals surface area contributed by atoms with Crippen LogP contribution in [0.1, 0.15) is 59.3 Å². The molecular formula is C14H27NO. The summed E-state index contributed by atoms with van der Waals surface area (Å²) < 4.78 is 0. The molecule has 0 aromatic carbocycles. The number of carbonyl (C=O) groups is 1. The predicted octanol–water partition coefficient (Wildman–Crippen LogP) is 3.16. The van der Waals surface area contributed by atoms with Crippen molar-refractivity contribution in [1.82, 2.24) is 5.32 Å². The van der Waals surface area contributed by atoms with Crippen molar-refractivity contribution < 1.29 is 4.79 Å². The highest BCUT2D eigenvalue weighted by molar-refractivity contribution is 5.81. The zero-order chi connectivity index (χ0) is 12.0. The zero-order valence-electron chi connectivity index (χ0n) is 11.1. The lowest BCUT2D eigenvalue weighted by Gasteiger charge is -2.26. The van der Waals surface area contributed by atoms with Crippen molar-refractivity contribution in [2.24, 2.45) is 11.8 Å². The van der Waals surface area contributed by atoms with Gasteiger partial charge in [0.2, 0.25) is 0 Å². The van der Waals surface area contributed by atoms with Crippen LogP contribution in [-0.2, 0) is 4.79 Å². The first-order valence-corrected chi connectivity index (χ1v) is 6.89. The molecule has 0 amide bonds. The molecule has 0 radical (unpaired) electrons. The van der Waals surface area contributed by atoms with Gasteiger partial charge in [-0.3, -0.25) is 4.79 Å². The lowest BCUT2D eigenvalue weighted by atomic mass is 9.78. The fraction of sp³-hybridized carbons (Fsp3) is 0.929. The van der Waals surface area contributed by atoms with E-state index in [4.69, 9.17) is 0 Å². The van der Waals surface area contributed by atoms with E-state index >= 15 is 0 Å². The molecule has 1 saturated carbocycles. The smallest absolute Gasteiger partial charge is 0.137 e. The molecule has 0 bridgehead atoms. The Balaban J connectivity index is 2.18. The lowest BCUT2D eigenvalue weighted by molar-refractivity contribution is -0.124. The first-order valence-electron chi connectivity index (χ1n) is 6.89. The Morgan fingerprint density at radius 2 is 1.88 bits per heavy atom. The minimum atomic E-state index is 0.372. The topological polar surface area (TPSA) is 29.1 Å². The Labute approximate surface area is 100 Å². The van der Waals surface area contributed by atoms with E-state index in [0.29, 0.717) is 17.7 Å². The maximum atomic E-state index is 11.9. The van der Waals surface area contributed by atoms with Crippen LogP contribution in [0.4, 0.5) is 0 Å². The van der Waals surface area contributed by atoms with Gasteiger partial charge in [0.1, 0.15) is 5.78 Å². The summed E-state index contributed by atoms with van der Waals surface area (Å²) in [7, 11) is 0. The summed E-state index contributed by atoms with van der Waals surface area (Å²) in [6.07, 6.45) is 6.82. The Bertz CT molecular complexity index is 205. The number of Topliss-reactive ketones (excluding diaryl/α,β-unsaturated/α-hetero) is 1. The molecule has 2 heteroatoms. The molecule has 1 aliphatic carbocycles. The third-order valence-electron chi connectivity index (χ3n) is 3.80. The zero-order valence-corrected chi connectivity index (χ0v) is 11.1. The molecule has 1 N–H and O–H groups in total. The summed E-state index contributed by atoms with van der Waals surface area (Å²) in [4.78, 5) is 11.9. The summed E-state index contributed by atoms with van der Waals surface area (Å²) in [6.45, 7) is 7.36. The van der Waals surface area contributed by atoms with E-state index in [1.165, 1.54) is 19.3 Å². The van der Waals surface area contributed by atoms with E-state index in [9.17, 15) is 4.79 Å². The van der Waals surface area contributed by atoms with E-state index < -0.39 is 0 Å². The second-order valence-corrected chi connectivity index (χ2v) is 5.45. The van der Waals surface area contributed by atoms with Gasteiger partial charge >= 0.3 is 0 Å². The Morgan fingerprint density at radius 3 is 2.38 bits per heavy atom. The molecule has 1 rings (SSSR count). The van der Waals surface area contributed by atoms with Gasteiger partial charge in [-0.2, -0.15) is 0 Å². The Hall–Kier alpha value is -0.370. The van der Waals surface area contributed by atoms with Crippen molar-refractivity contribution in [2.75, 3.05) is 6.54 Å². The molecule has 0 spiro atoms. The number of carbonyl (C=O) groups excluding carboxylic acids is 1. The molecule has 0 aliphatic heterocycles. The van der Waals surface area contributed by atoms with Crippen LogP contribution in [0.15, 0.2) is 0 Å². The van der Waals surface area contributed by atoms with Crippen molar-refractivity contribution in [3.05, 3.63) is 0 Å². The molecule has 2 nitrogen and oxygen atoms in total. The summed E-state index contributed by atoms with van der Waals surface area (Å²) in [6, 6.07) is 0.489. The minimum Gasteiger partial charge on any atom is -0.314 e. The molecule has 0 aromatic rings. The van der Waals surface area contributed by atoms with E-state index in [0.717, 1.165) is 31.7 Å². The van der Waals surface area contributed by atoms with Gasteiger partial charge in [-0.25, -0.2) is 0 Å². The third-order valence-corrected chi connectivity index (χ3v) is 3.80. The van der Waals surface area contributed by atoms with E-state index in [1.54, 1.807) is 0 Å². The molecular weight excluding hydrogens is 198 g/mol. The van der Waals surface area contributed by atoms with Crippen LogP contribution in [0, 0.1) is 11.8 Å². The number of ketones is 1. The van der Waals surface area contributed by atoms with Gasteiger partial charge in [0.25, 0.3) is 0 Å². The first kappa shape index (κ1) is 13.7. The summed E-state index contributed by atoms with van der Waals surface area (Å²) in [5.41, 5.74) is 0. The van der Waals surface area contributed by atoms with Crippen LogP contribution in [0.25, 0.3) is 0 Å². The van der Waals surface area contributed by atoms with Crippen molar-refractivity contribution in [3.8, 4) is 0 Å². The van der Waals surface area contributed by atoms with Crippen molar-refractivity contribution in [3.63, 3.8) is 0 Å². The van der Waals surface area contributed by atoms with Gasteiger partial charge in [-0.1, -0.05) is 27.2 Å². The molecule has 0 unspecified atom stereocenters. The van der Waals surface area contributed by atoms with Crippen LogP contribution >= 0.6 is 0 Å². The van der Waals surface area contributed by atoms with Gasteiger partial charge in [0.15, 0.2) is 0 Å². The van der Waals surface area contributed by atoms with E-state index in [-0.39, 0.29) is 0 Å². The van der Waals surface area contributed by atoms with Gasteiger partial charge in [-0.05, 0) is 31.6 Å². The predicted molar refractivity (Wildman–Crippen MR) is 68.5 cm³/mol. The highest BCUT2D eigenvalue weighted by Gasteiger charge is 2.24. The average Bonchev–Trinajstić information content (AvgIpc) is 2.28. The molecule has 0 atom stereocenters. The highest BCUT2D eigenvalue weighted by atomic mass is 16.1. The van der Waals surface area contributed by atoms with Crippen molar-refractivity contribution >= 4 is 5.78 Å². The standard InChI is InChI=1S/C14H27NO/c1-4-12-5-7-13(8-6-12)14(16)9-10-15-11(2)3/h11-13,15H,4-10H2,1-3H3. The van der Waals surface area contributed by atoms with Crippen LogP contribution in [-0.4, -0.2) is 18.4 Å². The van der Waals surface area contributed by atoms with Gasteiger partial charge < -0.3 is 5.32 Å². The van der Waals surface area contributed by atoms with E-state index in [2.05, 4.69) is 26.1 Å². The quantitative estimate of drug-likeness (QED) is 0.752. The normalized spacial score (nSPS) is 26.0. The van der Waals surface area contributed by atoms with Crippen molar-refractivity contribution in [1.29, 1.82) is 0 Å². The number of rotatable bonds is 6. The van der Waals surface area contributed by atoms with Crippen LogP contribution < -0.4 is 5.32 Å². The number of nitrogens with one attached hydrogen (secondary N) is 1. The highest BCUT2D eigenvalue weighted by Crippen LogP contribution is 2.31. The fourth-order valence-electron chi connectivity index (χ4n) is 2.58. The molecule has 1 aliphatic rings. The summed E-state index contributed by atoms with van der Waals surface area (Å²) in [5, 5.41) is 3.31. The second kappa shape index (κ2) is 7.05. The minimum absolute atomic E-state index is 0.372. The average molecular weight is 225 g/mol.